The lowest BCUT2D eigenvalue weighted by Gasteiger charge is -2.13. The van der Waals surface area contributed by atoms with Crippen molar-refractivity contribution in [2.45, 2.75) is 19.9 Å². The van der Waals surface area contributed by atoms with Crippen molar-refractivity contribution in [2.24, 2.45) is 0 Å². The maximum absolute atomic E-state index is 13.1. The van der Waals surface area contributed by atoms with E-state index in [1.807, 2.05) is 13.0 Å². The van der Waals surface area contributed by atoms with Crippen LogP contribution in [0.15, 0.2) is 36.5 Å². The predicted octanol–water partition coefficient (Wildman–Crippen LogP) is 3.65. The van der Waals surface area contributed by atoms with Crippen LogP contribution in [0.4, 0.5) is 4.39 Å². The Kier molecular flexibility index (Phi) is 4.18. The molecule has 6 heteroatoms. The quantitative estimate of drug-likeness (QED) is 0.766. The SMILES string of the molecule is CCN1Cc2c(c(O)c3ncc(Cc4ccc(F)cc4)cc3c2OC)C1=O. The predicted molar refractivity (Wildman–Crippen MR) is 99.6 cm³/mol. The highest BCUT2D eigenvalue weighted by Crippen LogP contribution is 2.43. The molecule has 0 fully saturated rings. The number of carbonyl (C=O) groups excluding carboxylic acids is 1. The fraction of sp³-hybridized carbons (Fsp3) is 0.238. The average Bonchev–Trinajstić information content (AvgIpc) is 3.00. The van der Waals surface area contributed by atoms with Crippen molar-refractivity contribution >= 4 is 16.8 Å². The number of fused-ring (bicyclic) bond motifs is 2. The maximum atomic E-state index is 13.1. The number of phenols is 1. The standard InChI is InChI=1S/C21H19FN2O3/c1-3-24-11-16-17(21(24)26)19(25)18-15(20(16)27-2)9-13(10-23-18)8-12-4-6-14(22)7-5-12/h4-7,9-10,25H,3,8,11H2,1-2H3. The summed E-state index contributed by atoms with van der Waals surface area (Å²) in [5.41, 5.74) is 3.17. The van der Waals surface area contributed by atoms with Gasteiger partial charge in [-0.3, -0.25) is 9.78 Å². The maximum Gasteiger partial charge on any atom is 0.258 e. The number of rotatable bonds is 4. The highest BCUT2D eigenvalue weighted by atomic mass is 19.1. The van der Waals surface area contributed by atoms with Crippen LogP contribution in [-0.2, 0) is 13.0 Å². The van der Waals surface area contributed by atoms with E-state index in [-0.39, 0.29) is 23.0 Å². The molecule has 1 aliphatic heterocycles. The van der Waals surface area contributed by atoms with Gasteiger partial charge in [-0.05, 0) is 42.7 Å². The molecule has 5 nitrogen and oxygen atoms in total. The first kappa shape index (κ1) is 17.3. The molecule has 2 heterocycles. The number of aromatic nitrogens is 1. The van der Waals surface area contributed by atoms with Crippen LogP contribution in [0.1, 0.15) is 34.0 Å². The summed E-state index contributed by atoms with van der Waals surface area (Å²) in [6.45, 7) is 2.85. The number of hydrogen-bond acceptors (Lipinski definition) is 4. The third-order valence-electron chi connectivity index (χ3n) is 4.98. The summed E-state index contributed by atoms with van der Waals surface area (Å²) in [6.07, 6.45) is 2.23. The molecule has 2 aromatic carbocycles. The van der Waals surface area contributed by atoms with Crippen molar-refractivity contribution in [3.05, 3.63) is 64.6 Å². The summed E-state index contributed by atoms with van der Waals surface area (Å²) < 4.78 is 18.7. The Morgan fingerprint density at radius 3 is 2.67 bits per heavy atom. The van der Waals surface area contributed by atoms with Gasteiger partial charge in [0.2, 0.25) is 0 Å². The molecule has 138 valence electrons. The Hall–Kier alpha value is -3.15. The van der Waals surface area contributed by atoms with E-state index in [1.54, 1.807) is 30.3 Å². The van der Waals surface area contributed by atoms with E-state index in [0.717, 1.165) is 11.1 Å². The van der Waals surface area contributed by atoms with Gasteiger partial charge in [0.15, 0.2) is 5.75 Å². The van der Waals surface area contributed by atoms with Crippen molar-refractivity contribution in [3.63, 3.8) is 0 Å². The molecule has 0 spiro atoms. The lowest BCUT2D eigenvalue weighted by atomic mass is 9.99. The molecule has 1 N–H and O–H groups in total. The van der Waals surface area contributed by atoms with Gasteiger partial charge in [-0.15, -0.1) is 0 Å². The van der Waals surface area contributed by atoms with Crippen molar-refractivity contribution in [1.82, 2.24) is 9.88 Å². The molecule has 0 bridgehead atoms. The van der Waals surface area contributed by atoms with Gasteiger partial charge in [-0.2, -0.15) is 0 Å². The minimum absolute atomic E-state index is 0.102. The first-order chi connectivity index (χ1) is 13.0. The van der Waals surface area contributed by atoms with Crippen LogP contribution in [0.2, 0.25) is 0 Å². The van der Waals surface area contributed by atoms with Crippen LogP contribution in [0.3, 0.4) is 0 Å². The van der Waals surface area contributed by atoms with Gasteiger partial charge in [0.1, 0.15) is 17.1 Å². The second-order valence-electron chi connectivity index (χ2n) is 6.60. The zero-order chi connectivity index (χ0) is 19.1. The lowest BCUT2D eigenvalue weighted by Crippen LogP contribution is -2.23. The number of pyridine rings is 1. The largest absolute Gasteiger partial charge is 0.505 e. The number of halogens is 1. The van der Waals surface area contributed by atoms with Crippen molar-refractivity contribution < 1.29 is 19.0 Å². The third-order valence-corrected chi connectivity index (χ3v) is 4.98. The number of aromatic hydroxyl groups is 1. The van der Waals surface area contributed by atoms with E-state index in [1.165, 1.54) is 12.1 Å². The average molecular weight is 366 g/mol. The Labute approximate surface area is 156 Å². The van der Waals surface area contributed by atoms with Crippen molar-refractivity contribution in [1.29, 1.82) is 0 Å². The first-order valence-corrected chi connectivity index (χ1v) is 8.77. The fourth-order valence-corrected chi connectivity index (χ4v) is 3.63. The summed E-state index contributed by atoms with van der Waals surface area (Å²) in [5.74, 6) is -0.0179. The number of carbonyl (C=O) groups is 1. The molecule has 0 atom stereocenters. The monoisotopic (exact) mass is 366 g/mol. The van der Waals surface area contributed by atoms with E-state index in [4.69, 9.17) is 4.74 Å². The molecule has 1 amide bonds. The molecule has 1 aliphatic rings. The molecule has 3 aromatic rings. The highest BCUT2D eigenvalue weighted by Gasteiger charge is 2.34. The zero-order valence-corrected chi connectivity index (χ0v) is 15.1. The summed E-state index contributed by atoms with van der Waals surface area (Å²) in [5, 5.41) is 11.3. The topological polar surface area (TPSA) is 62.7 Å². The van der Waals surface area contributed by atoms with Gasteiger partial charge in [0.25, 0.3) is 5.91 Å². The number of phenolic OH excluding ortho intramolecular Hbond substituents is 1. The smallest absolute Gasteiger partial charge is 0.258 e. The molecule has 0 aliphatic carbocycles. The third kappa shape index (κ3) is 2.77. The van der Waals surface area contributed by atoms with Gasteiger partial charge < -0.3 is 14.7 Å². The minimum atomic E-state index is -0.275. The van der Waals surface area contributed by atoms with Gasteiger partial charge in [-0.25, -0.2) is 4.39 Å². The van der Waals surface area contributed by atoms with Crippen LogP contribution >= 0.6 is 0 Å². The van der Waals surface area contributed by atoms with E-state index < -0.39 is 0 Å². The van der Waals surface area contributed by atoms with Crippen LogP contribution in [0.5, 0.6) is 11.5 Å². The number of nitrogens with zero attached hydrogens (tertiary/aromatic N) is 2. The Bertz CT molecular complexity index is 1050. The fourth-order valence-electron chi connectivity index (χ4n) is 3.63. The van der Waals surface area contributed by atoms with E-state index in [9.17, 15) is 14.3 Å². The first-order valence-electron chi connectivity index (χ1n) is 8.77. The number of methoxy groups -OCH3 is 1. The second-order valence-corrected chi connectivity index (χ2v) is 6.60. The van der Waals surface area contributed by atoms with Gasteiger partial charge in [0.05, 0.1) is 19.2 Å². The van der Waals surface area contributed by atoms with Crippen LogP contribution in [0.25, 0.3) is 10.9 Å². The van der Waals surface area contributed by atoms with Gasteiger partial charge in [0, 0.05) is 23.7 Å². The van der Waals surface area contributed by atoms with Gasteiger partial charge in [-0.1, -0.05) is 12.1 Å². The summed E-state index contributed by atoms with van der Waals surface area (Å²) in [6, 6.07) is 8.22. The Balaban J connectivity index is 1.84. The highest BCUT2D eigenvalue weighted by molar-refractivity contribution is 6.08. The summed E-state index contributed by atoms with van der Waals surface area (Å²) >= 11 is 0. The molecule has 1 aromatic heterocycles. The number of hydrogen-bond donors (Lipinski definition) is 1. The molecule has 4 rings (SSSR count). The second kappa shape index (κ2) is 6.54. The van der Waals surface area contributed by atoms with E-state index >= 15 is 0 Å². The minimum Gasteiger partial charge on any atom is -0.505 e. The Morgan fingerprint density at radius 1 is 1.26 bits per heavy atom. The molecular formula is C21H19FN2O3. The lowest BCUT2D eigenvalue weighted by molar-refractivity contribution is 0.0785. The van der Waals surface area contributed by atoms with Crippen LogP contribution in [0, 0.1) is 5.82 Å². The van der Waals surface area contributed by atoms with Crippen molar-refractivity contribution in [3.8, 4) is 11.5 Å². The molecule has 0 saturated carbocycles. The molecule has 0 saturated heterocycles. The van der Waals surface area contributed by atoms with Crippen molar-refractivity contribution in [2.75, 3.05) is 13.7 Å². The molecule has 0 unspecified atom stereocenters. The summed E-state index contributed by atoms with van der Waals surface area (Å²) in [7, 11) is 1.55. The Morgan fingerprint density at radius 2 is 2.00 bits per heavy atom. The van der Waals surface area contributed by atoms with Crippen LogP contribution in [-0.4, -0.2) is 34.6 Å². The van der Waals surface area contributed by atoms with Crippen LogP contribution < -0.4 is 4.74 Å². The molecule has 27 heavy (non-hydrogen) atoms. The number of amides is 1. The molecule has 0 radical (unpaired) electrons. The number of benzene rings is 2. The normalized spacial score (nSPS) is 13.3. The molecular weight excluding hydrogens is 347 g/mol. The zero-order valence-electron chi connectivity index (χ0n) is 15.1. The van der Waals surface area contributed by atoms with E-state index in [0.29, 0.717) is 41.7 Å². The number of ether oxygens (including phenoxy) is 1. The summed E-state index contributed by atoms with van der Waals surface area (Å²) in [4.78, 5) is 18.6. The van der Waals surface area contributed by atoms with E-state index in [2.05, 4.69) is 4.98 Å². The van der Waals surface area contributed by atoms with Gasteiger partial charge >= 0.3 is 0 Å².